The van der Waals surface area contributed by atoms with Gasteiger partial charge in [0.05, 0.1) is 66.5 Å². The van der Waals surface area contributed by atoms with Crippen LogP contribution in [0, 0.1) is 0 Å². The van der Waals surface area contributed by atoms with Crippen LogP contribution in [-0.4, -0.2) is 367 Å². The molecule has 18 rings (SSSR count). The number of hydrogen-bond donors (Lipinski definition) is 29. The maximum atomic E-state index is 17.0. The molecule has 39 unspecified atom stereocenters. The van der Waals surface area contributed by atoms with Crippen LogP contribution in [0.5, 0.6) is 51.7 Å². The molecule has 11 heterocycles. The summed E-state index contributed by atoms with van der Waals surface area (Å²) in [5, 5.41) is 241. The third kappa shape index (κ3) is 22.8. The van der Waals surface area contributed by atoms with Gasteiger partial charge in [0, 0.05) is 42.5 Å². The van der Waals surface area contributed by atoms with Gasteiger partial charge in [-0.25, -0.2) is 4.79 Å². The lowest BCUT2D eigenvalue weighted by Gasteiger charge is -2.45. The summed E-state index contributed by atoms with van der Waals surface area (Å²) in [6.07, 6.45) is -48.8. The number of benzene rings is 6. The molecule has 798 valence electrons. The van der Waals surface area contributed by atoms with E-state index in [0.717, 1.165) is 72.8 Å². The highest BCUT2D eigenvalue weighted by molar-refractivity contribution is 6.32. The number of nitrogens with two attached hydrogens (primary N) is 2. The Labute approximate surface area is 844 Å². The molecule has 11 aliphatic heterocycles. The third-order valence-corrected chi connectivity index (χ3v) is 27.8. The van der Waals surface area contributed by atoms with E-state index in [-0.39, 0.29) is 46.6 Å². The van der Waals surface area contributed by atoms with E-state index in [4.69, 9.17) is 101 Å². The molecule has 6 amide bonds. The summed E-state index contributed by atoms with van der Waals surface area (Å²) >= 11 is 14.2. The van der Waals surface area contributed by atoms with E-state index >= 15 is 28.8 Å². The molecular formula is C95H113Cl2N9O41. The predicted molar refractivity (Wildman–Crippen MR) is 494 cm³/mol. The number of aliphatic hydroxyl groups excluding tert-OH is 16. The number of phenols is 3. The van der Waals surface area contributed by atoms with Crippen molar-refractivity contribution in [1.29, 1.82) is 0 Å². The van der Waals surface area contributed by atoms with Gasteiger partial charge in [0.1, 0.15) is 168 Å². The van der Waals surface area contributed by atoms with Gasteiger partial charge in [0.15, 0.2) is 48.8 Å². The van der Waals surface area contributed by atoms with Gasteiger partial charge in [0.2, 0.25) is 53.8 Å². The molecule has 52 heteroatoms. The molecule has 39 atom stereocenters. The first kappa shape index (κ1) is 109. The van der Waals surface area contributed by atoms with Crippen molar-refractivity contribution in [2.24, 2.45) is 11.5 Å². The zero-order valence-corrected chi connectivity index (χ0v) is 79.6. The molecular weight excluding hydrogens is 1990 g/mol. The van der Waals surface area contributed by atoms with Gasteiger partial charge in [-0.1, -0.05) is 77.8 Å². The van der Waals surface area contributed by atoms with Gasteiger partial charge in [-0.2, -0.15) is 0 Å². The molecule has 6 aromatic rings. The second kappa shape index (κ2) is 45.5. The monoisotopic (exact) mass is 2110 g/mol. The molecule has 1 aliphatic carbocycles. The average Bonchev–Trinajstić information content (AvgIpc) is 0.763. The van der Waals surface area contributed by atoms with Crippen molar-refractivity contribution in [1.82, 2.24) is 37.2 Å². The zero-order chi connectivity index (χ0) is 106. The van der Waals surface area contributed by atoms with Crippen molar-refractivity contribution in [3.63, 3.8) is 0 Å². The van der Waals surface area contributed by atoms with Crippen LogP contribution in [-0.2, 0) is 80.9 Å². The lowest BCUT2D eigenvalue weighted by molar-refractivity contribution is -0.348. The summed E-state index contributed by atoms with van der Waals surface area (Å²) in [6.45, 7) is 1.34. The van der Waals surface area contributed by atoms with E-state index in [0.29, 0.717) is 0 Å². The number of phenolic OH excluding ortho intramolecular Hbond substituents is 3. The van der Waals surface area contributed by atoms with Crippen LogP contribution in [0.25, 0.3) is 0 Å². The highest BCUT2D eigenvalue weighted by Crippen LogP contribution is 2.51. The van der Waals surface area contributed by atoms with Crippen molar-refractivity contribution >= 4 is 64.6 Å². The highest BCUT2D eigenvalue weighted by atomic mass is 35.5. The predicted octanol–water partition coefficient (Wildman–Crippen LogP) is -5.16. The maximum absolute atomic E-state index is 17.0. The van der Waals surface area contributed by atoms with E-state index < -0.39 is 372 Å². The molecule has 0 saturated carbocycles. The molecule has 0 spiro atoms. The molecule has 0 radical (unpaired) electrons. The molecule has 6 aromatic carbocycles. The number of carbonyl (C=O) groups excluding carboxylic acids is 6. The zero-order valence-electron chi connectivity index (χ0n) is 78.1. The van der Waals surface area contributed by atoms with Gasteiger partial charge in [-0.3, -0.25) is 28.8 Å². The number of aromatic hydroxyl groups is 3. The Morgan fingerprint density at radius 3 is 1.61 bits per heavy atom. The summed E-state index contributed by atoms with van der Waals surface area (Å²) in [5.74, 6) is -17.5. The van der Waals surface area contributed by atoms with Crippen LogP contribution >= 0.6 is 23.2 Å². The first-order valence-corrected chi connectivity index (χ1v) is 47.5. The Morgan fingerprint density at radius 1 is 0.476 bits per heavy atom. The Kier molecular flexibility index (Phi) is 33.7. The number of hydrogen-bond acceptors (Lipinski definition) is 43. The van der Waals surface area contributed by atoms with E-state index in [1.54, 1.807) is 0 Å². The molecule has 6 fully saturated rings. The minimum Gasteiger partial charge on any atom is -0.508 e. The normalized spacial score (nSPS) is 37.0. The number of carbonyl (C=O) groups is 7. The van der Waals surface area contributed by atoms with E-state index in [2.05, 4.69) is 37.2 Å². The third-order valence-electron chi connectivity index (χ3n) is 27.2. The van der Waals surface area contributed by atoms with Crippen LogP contribution in [0.15, 0.2) is 133 Å². The van der Waals surface area contributed by atoms with Crippen LogP contribution in [0.3, 0.4) is 0 Å². The summed E-state index contributed by atoms with van der Waals surface area (Å²) in [6, 6.07) is 2.08. The average molecular weight is 2110 g/mol. The number of rotatable bonds is 21. The second-order valence-electron chi connectivity index (χ2n) is 37.1. The number of carboxylic acids is 1. The number of likely N-dealkylation sites (N-methyl/N-ethyl adjacent to an activating group) is 1. The number of amides is 6. The maximum Gasteiger partial charge on any atom is 0.330 e. The van der Waals surface area contributed by atoms with Crippen LogP contribution in [0.2, 0.25) is 10.0 Å². The lowest BCUT2D eigenvalue weighted by atomic mass is 9.80. The van der Waals surface area contributed by atoms with E-state index in [9.17, 15) is 107 Å². The molecule has 11 bridgehead atoms. The second-order valence-corrected chi connectivity index (χ2v) is 37.9. The summed E-state index contributed by atoms with van der Waals surface area (Å²) in [5.41, 5.74) is 10.1. The minimum atomic E-state index is -2.51. The van der Waals surface area contributed by atoms with Gasteiger partial charge in [-0.15, -0.1) is 0 Å². The van der Waals surface area contributed by atoms with Gasteiger partial charge >= 0.3 is 5.97 Å². The Hall–Kier alpha value is -10.9. The van der Waals surface area contributed by atoms with Crippen molar-refractivity contribution in [3.8, 4) is 51.7 Å². The largest absolute Gasteiger partial charge is 0.508 e. The van der Waals surface area contributed by atoms with Crippen molar-refractivity contribution in [2.45, 2.75) is 272 Å². The number of carboxylic acid groups (broad SMARTS) is 1. The smallest absolute Gasteiger partial charge is 0.330 e. The molecule has 147 heavy (non-hydrogen) atoms. The molecule has 0 aromatic heterocycles. The fourth-order valence-corrected chi connectivity index (χ4v) is 19.5. The Morgan fingerprint density at radius 2 is 1.01 bits per heavy atom. The van der Waals surface area contributed by atoms with E-state index in [1.165, 1.54) is 82.4 Å². The SMILES string of the molecule is CNC(C(=O)NC1C(=O)NC(c2ccc(O)c(Cl)c2)C(=O)NC2C(=O)NC3C(=O)NC(C(=O)NC(C(=O)O)c4cc(O)cc(O)c4C4C=C3C=CC4O)C(OC3CC(N)C(O)C(C)O3)c3ccc(c(Cl)c3)Oc3cc2cc(c3OC2OC(CO)C(O)C(O)C2OC2CC(N)C(O)C(C)O2)Oc2ccc(cc2)C1OC1OC(CO)C(O)C(O)C1O)c1ccc(OC2OC(C)C(OC3OC(CO)C(O)C(O)C3O)C(O)C2O)cc1. The van der Waals surface area contributed by atoms with Crippen molar-refractivity contribution < 1.29 is 202 Å². The van der Waals surface area contributed by atoms with Crippen LogP contribution in [0.1, 0.15) is 115 Å². The Bertz CT molecular complexity index is 5820. The lowest BCUT2D eigenvalue weighted by Crippen LogP contribution is -2.64. The Balaban J connectivity index is 0.868. The quantitative estimate of drug-likeness (QED) is 0.0320. The van der Waals surface area contributed by atoms with Crippen LogP contribution in [0.4, 0.5) is 0 Å². The van der Waals surface area contributed by atoms with Crippen molar-refractivity contribution in [3.05, 3.63) is 182 Å². The standard InChI is InChI=1S/C95H113Cl2N9O41/c1-31-68(114)47(98)26-58(134-31)143-82-38-11-18-52(46(97)21-38)139-54-23-39-22-53(83(54)147-95-84(75(121)72(118)57(30-109)142-95)144-59-27-48(99)69(115)32(2)135-59)137-41-14-7-35(8-15-41)81(146-94-78(124)74(120)71(117)56(29-108)141-94)66(105-85(126)61(100-4)34-5-12-42(13-6-34)138-92-79(125)76(122)80(33(3)136-92)145-93-77(123)73(119)70(116)55(28-107)140-93)89(130)102-63(37-10-17-50(112)45(96)20-37)86(127)103-64(39)88(129)101-62-36-9-16-49(111)43(19-36)60-44(24-40(110)25-51(60)113)65(91(132)133)104-90(131)67(82)106-87(62)128/h5-25,31-33,43,47-49,55-59,61-82,84,92-95,100,107-125H,26-30,98-99H2,1-4H3,(H,101,129)(H,102,130)(H,103,127)(H,104,131)(H,105,126)(H,106,128)(H,132,133). The fourth-order valence-electron chi connectivity index (χ4n) is 19.1. The first-order chi connectivity index (χ1) is 69.9. The molecule has 12 aliphatic rings. The molecule has 50 nitrogen and oxygen atoms in total. The molecule has 31 N–H and O–H groups in total. The van der Waals surface area contributed by atoms with E-state index in [1.807, 2.05) is 0 Å². The number of fused-ring (bicyclic) bond motifs is 14. The topological polar surface area (TPSA) is 790 Å². The first-order valence-electron chi connectivity index (χ1n) is 46.7. The highest BCUT2D eigenvalue weighted by Gasteiger charge is 2.56. The van der Waals surface area contributed by atoms with Gasteiger partial charge in [0.25, 0.3) is 0 Å². The van der Waals surface area contributed by atoms with Crippen molar-refractivity contribution in [2.75, 3.05) is 26.9 Å². The number of aliphatic hydroxyl groups is 16. The minimum absolute atomic E-state index is 0.0380. The summed E-state index contributed by atoms with van der Waals surface area (Å²) < 4.78 is 87.9. The number of ether oxygens (including phenoxy) is 14. The fraction of sp³-hybridized carbons (Fsp3) is 0.505. The number of halogens is 2. The summed E-state index contributed by atoms with van der Waals surface area (Å²) in [7, 11) is 1.30. The summed E-state index contributed by atoms with van der Waals surface area (Å²) in [4.78, 5) is 113. The number of nitrogens with one attached hydrogen (secondary N) is 7. The van der Waals surface area contributed by atoms with Gasteiger partial charge < -0.3 is 217 Å². The molecule has 6 saturated heterocycles. The number of aliphatic carboxylic acids is 1. The van der Waals surface area contributed by atoms with Gasteiger partial charge in [-0.05, 0) is 134 Å². The van der Waals surface area contributed by atoms with Crippen LogP contribution < -0.4 is 67.6 Å².